The van der Waals surface area contributed by atoms with E-state index in [0.717, 1.165) is 5.56 Å². The SMILES string of the molecule is CC(C)(C)/C=C(\C#N)C(=O)N1CCC(OC(=O)NC(Cc2ccccc2)B(O)O)C1. The number of alkyl carbamates (subject to hydrolysis) is 1. The normalized spacial score (nSPS) is 17.8. The van der Waals surface area contributed by atoms with Crippen LogP contribution < -0.4 is 5.32 Å². The summed E-state index contributed by atoms with van der Waals surface area (Å²) < 4.78 is 5.36. The Kier molecular flexibility index (Phi) is 8.04. The molecule has 2 unspecified atom stereocenters. The van der Waals surface area contributed by atoms with E-state index in [2.05, 4.69) is 5.32 Å². The Morgan fingerprint density at radius 2 is 2.03 bits per heavy atom. The number of ether oxygens (including phenoxy) is 1. The van der Waals surface area contributed by atoms with Crippen molar-refractivity contribution in [2.24, 2.45) is 5.41 Å². The molecule has 1 saturated heterocycles. The number of nitrogens with one attached hydrogen (secondary N) is 1. The Morgan fingerprint density at radius 3 is 2.60 bits per heavy atom. The van der Waals surface area contributed by atoms with Gasteiger partial charge in [-0.15, -0.1) is 0 Å². The summed E-state index contributed by atoms with van der Waals surface area (Å²) in [6.45, 7) is 6.26. The van der Waals surface area contributed by atoms with E-state index in [1.165, 1.54) is 4.90 Å². The lowest BCUT2D eigenvalue weighted by Crippen LogP contribution is -2.48. The van der Waals surface area contributed by atoms with Gasteiger partial charge >= 0.3 is 13.2 Å². The molecule has 0 aromatic heterocycles. The molecule has 2 rings (SSSR count). The van der Waals surface area contributed by atoms with Crippen LogP contribution in [-0.2, 0) is 16.0 Å². The number of nitrogens with zero attached hydrogens (tertiary/aromatic N) is 2. The van der Waals surface area contributed by atoms with Crippen LogP contribution in [0.1, 0.15) is 32.8 Å². The number of hydrogen-bond donors (Lipinski definition) is 3. The summed E-state index contributed by atoms with van der Waals surface area (Å²) in [5.74, 6) is -1.31. The zero-order valence-electron chi connectivity index (χ0n) is 17.5. The van der Waals surface area contributed by atoms with Crippen molar-refractivity contribution in [3.63, 3.8) is 0 Å². The highest BCUT2D eigenvalue weighted by Crippen LogP contribution is 2.21. The van der Waals surface area contributed by atoms with E-state index >= 15 is 0 Å². The summed E-state index contributed by atoms with van der Waals surface area (Å²) in [5.41, 5.74) is 0.594. The van der Waals surface area contributed by atoms with E-state index in [0.29, 0.717) is 13.0 Å². The van der Waals surface area contributed by atoms with Crippen molar-refractivity contribution in [2.75, 3.05) is 13.1 Å². The van der Waals surface area contributed by atoms with Gasteiger partial charge in [-0.1, -0.05) is 57.2 Å². The zero-order chi connectivity index (χ0) is 22.3. The zero-order valence-corrected chi connectivity index (χ0v) is 17.5. The minimum atomic E-state index is -1.75. The summed E-state index contributed by atoms with van der Waals surface area (Å²) in [6, 6.07) is 11.1. The van der Waals surface area contributed by atoms with Crippen LogP contribution in [0.4, 0.5) is 4.79 Å². The van der Waals surface area contributed by atoms with Crippen LogP contribution in [0.5, 0.6) is 0 Å². The first-order chi connectivity index (χ1) is 14.1. The Balaban J connectivity index is 1.91. The fraction of sp³-hybridized carbons (Fsp3) is 0.476. The second-order valence-corrected chi connectivity index (χ2v) is 8.46. The van der Waals surface area contributed by atoms with Crippen LogP contribution in [-0.4, -0.2) is 59.2 Å². The van der Waals surface area contributed by atoms with E-state index in [4.69, 9.17) is 4.74 Å². The van der Waals surface area contributed by atoms with Gasteiger partial charge in [0.1, 0.15) is 17.7 Å². The average Bonchev–Trinajstić information content (AvgIpc) is 3.13. The third-order valence-corrected chi connectivity index (χ3v) is 4.60. The molecule has 1 fully saturated rings. The second-order valence-electron chi connectivity index (χ2n) is 8.46. The van der Waals surface area contributed by atoms with Crippen LogP contribution in [0.25, 0.3) is 0 Å². The fourth-order valence-electron chi connectivity index (χ4n) is 3.19. The van der Waals surface area contributed by atoms with Crippen LogP contribution in [0, 0.1) is 16.7 Å². The van der Waals surface area contributed by atoms with Crippen molar-refractivity contribution in [1.82, 2.24) is 10.2 Å². The fourth-order valence-corrected chi connectivity index (χ4v) is 3.19. The van der Waals surface area contributed by atoms with Crippen molar-refractivity contribution in [1.29, 1.82) is 5.26 Å². The van der Waals surface area contributed by atoms with Gasteiger partial charge in [0, 0.05) is 13.0 Å². The van der Waals surface area contributed by atoms with E-state index < -0.39 is 25.3 Å². The maximum atomic E-state index is 12.6. The minimum absolute atomic E-state index is 0.0685. The number of likely N-dealkylation sites (tertiary alicyclic amines) is 1. The van der Waals surface area contributed by atoms with Gasteiger partial charge in [0.15, 0.2) is 0 Å². The second kappa shape index (κ2) is 10.3. The van der Waals surface area contributed by atoms with Crippen molar-refractivity contribution in [3.05, 3.63) is 47.5 Å². The molecule has 30 heavy (non-hydrogen) atoms. The highest BCUT2D eigenvalue weighted by molar-refractivity contribution is 6.43. The molecular weight excluding hydrogens is 385 g/mol. The van der Waals surface area contributed by atoms with Crippen molar-refractivity contribution in [2.45, 2.75) is 45.7 Å². The number of benzene rings is 1. The Bertz CT molecular complexity index is 814. The van der Waals surface area contributed by atoms with Gasteiger partial charge in [0.05, 0.1) is 12.5 Å². The average molecular weight is 413 g/mol. The lowest BCUT2D eigenvalue weighted by Gasteiger charge is -2.20. The van der Waals surface area contributed by atoms with Crippen molar-refractivity contribution < 1.29 is 24.4 Å². The highest BCUT2D eigenvalue weighted by Gasteiger charge is 2.32. The maximum Gasteiger partial charge on any atom is 0.475 e. The van der Waals surface area contributed by atoms with E-state index in [1.807, 2.05) is 57.2 Å². The number of hydrogen-bond acceptors (Lipinski definition) is 6. The molecule has 8 nitrogen and oxygen atoms in total. The van der Waals surface area contributed by atoms with E-state index in [1.54, 1.807) is 6.08 Å². The third-order valence-electron chi connectivity index (χ3n) is 4.60. The number of amides is 2. The Hall–Kier alpha value is -2.83. The van der Waals surface area contributed by atoms with Crippen LogP contribution in [0.2, 0.25) is 0 Å². The van der Waals surface area contributed by atoms with Crippen molar-refractivity contribution in [3.8, 4) is 6.07 Å². The van der Waals surface area contributed by atoms with Gasteiger partial charge < -0.3 is 25.0 Å². The summed E-state index contributed by atoms with van der Waals surface area (Å²) in [7, 11) is -1.75. The van der Waals surface area contributed by atoms with Gasteiger partial charge in [-0.2, -0.15) is 5.26 Å². The topological polar surface area (TPSA) is 123 Å². The molecular formula is C21H28BN3O5. The molecule has 0 spiro atoms. The van der Waals surface area contributed by atoms with Crippen LogP contribution in [0.3, 0.4) is 0 Å². The van der Waals surface area contributed by atoms with Gasteiger partial charge in [0.25, 0.3) is 5.91 Å². The third kappa shape index (κ3) is 7.21. The first-order valence-corrected chi connectivity index (χ1v) is 9.88. The number of carbonyl (C=O) groups is 2. The highest BCUT2D eigenvalue weighted by atomic mass is 16.6. The first-order valence-electron chi connectivity index (χ1n) is 9.88. The summed E-state index contributed by atoms with van der Waals surface area (Å²) >= 11 is 0. The monoisotopic (exact) mass is 413 g/mol. The quantitative estimate of drug-likeness (QED) is 0.368. The standard InChI is InChI=1S/C21H28BN3O5/c1-21(2,3)12-16(13-23)19(26)25-10-9-17(14-25)30-20(27)24-18(22(28)29)11-15-7-5-4-6-8-15/h4-8,12,17-18,28-29H,9-11,14H2,1-3H3,(H,24,27)/b16-12+. The Labute approximate surface area is 177 Å². The smallest absolute Gasteiger partial charge is 0.444 e. The first kappa shape index (κ1) is 23.5. The molecule has 0 saturated carbocycles. The molecule has 1 aliphatic heterocycles. The molecule has 1 aliphatic rings. The summed E-state index contributed by atoms with van der Waals surface area (Å²) in [6.07, 6.45) is 0.989. The van der Waals surface area contributed by atoms with Gasteiger partial charge in [-0.25, -0.2) is 4.79 Å². The van der Waals surface area contributed by atoms with E-state index in [9.17, 15) is 24.9 Å². The van der Waals surface area contributed by atoms with Crippen LogP contribution >= 0.6 is 0 Å². The molecule has 1 heterocycles. The molecule has 1 aromatic carbocycles. The predicted octanol–water partition coefficient (Wildman–Crippen LogP) is 1.43. The van der Waals surface area contributed by atoms with Crippen molar-refractivity contribution >= 4 is 19.1 Å². The van der Waals surface area contributed by atoms with Gasteiger partial charge in [0.2, 0.25) is 0 Å². The number of carbonyl (C=O) groups excluding carboxylic acids is 2. The molecule has 9 heteroatoms. The molecule has 0 radical (unpaired) electrons. The molecule has 3 N–H and O–H groups in total. The molecule has 2 atom stereocenters. The summed E-state index contributed by atoms with van der Waals surface area (Å²) in [4.78, 5) is 26.3. The van der Waals surface area contributed by atoms with Gasteiger partial charge in [-0.05, 0) is 17.4 Å². The lowest BCUT2D eigenvalue weighted by atomic mass is 9.76. The molecule has 1 aromatic rings. The lowest BCUT2D eigenvalue weighted by molar-refractivity contribution is -0.126. The largest absolute Gasteiger partial charge is 0.475 e. The minimum Gasteiger partial charge on any atom is -0.444 e. The van der Waals surface area contributed by atoms with Gasteiger partial charge in [-0.3, -0.25) is 4.79 Å². The molecule has 160 valence electrons. The summed E-state index contributed by atoms with van der Waals surface area (Å²) in [5, 5.41) is 30.9. The molecule has 0 aliphatic carbocycles. The predicted molar refractivity (Wildman–Crippen MR) is 112 cm³/mol. The Morgan fingerprint density at radius 1 is 1.37 bits per heavy atom. The number of nitriles is 1. The molecule has 2 amide bonds. The molecule has 0 bridgehead atoms. The van der Waals surface area contributed by atoms with E-state index in [-0.39, 0.29) is 29.9 Å². The maximum absolute atomic E-state index is 12.6. The van der Waals surface area contributed by atoms with Crippen LogP contribution in [0.15, 0.2) is 42.0 Å². The number of rotatable bonds is 6. The number of allylic oxidation sites excluding steroid dienone is 1.